The lowest BCUT2D eigenvalue weighted by Gasteiger charge is -2.34. The Morgan fingerprint density at radius 1 is 1.15 bits per heavy atom. The van der Waals surface area contributed by atoms with Gasteiger partial charge in [-0.3, -0.25) is 4.90 Å². The molecule has 2 fully saturated rings. The third kappa shape index (κ3) is 5.83. The van der Waals surface area contributed by atoms with Gasteiger partial charge < -0.3 is 18.9 Å². The maximum atomic E-state index is 13.1. The highest BCUT2D eigenvalue weighted by atomic mass is 35.5. The van der Waals surface area contributed by atoms with Gasteiger partial charge >= 0.3 is 12.3 Å². The molecular formula is C27H23Cl2F3N4O4S. The summed E-state index contributed by atoms with van der Waals surface area (Å²) in [5.74, 6) is -0.107. The average Bonchev–Trinajstić information content (AvgIpc) is 3.55. The molecule has 41 heavy (non-hydrogen) atoms. The Balaban J connectivity index is 1.22. The first-order valence-corrected chi connectivity index (χ1v) is 14.4. The van der Waals surface area contributed by atoms with Gasteiger partial charge in [-0.25, -0.2) is 9.78 Å². The minimum absolute atomic E-state index is 0.0391. The van der Waals surface area contributed by atoms with Crippen LogP contribution in [-0.2, 0) is 11.3 Å². The van der Waals surface area contributed by atoms with Crippen LogP contribution in [-0.4, -0.2) is 60.7 Å². The molecule has 1 saturated heterocycles. The molecule has 0 radical (unpaired) electrons. The van der Waals surface area contributed by atoms with Crippen LogP contribution in [0.25, 0.3) is 21.5 Å². The molecule has 4 aromatic rings. The van der Waals surface area contributed by atoms with E-state index in [0.717, 1.165) is 37.3 Å². The van der Waals surface area contributed by atoms with E-state index in [1.165, 1.54) is 17.4 Å². The van der Waals surface area contributed by atoms with Crippen LogP contribution in [0.1, 0.15) is 40.4 Å². The normalized spacial score (nSPS) is 16.4. The molecule has 0 amide bonds. The second kappa shape index (κ2) is 11.0. The first-order valence-electron chi connectivity index (χ1n) is 12.8. The first-order chi connectivity index (χ1) is 19.6. The summed E-state index contributed by atoms with van der Waals surface area (Å²) in [6, 6.07) is 7.80. The minimum atomic E-state index is -4.94. The van der Waals surface area contributed by atoms with E-state index in [9.17, 15) is 18.0 Å². The van der Waals surface area contributed by atoms with E-state index >= 15 is 0 Å². The van der Waals surface area contributed by atoms with Crippen LogP contribution in [0.15, 0.2) is 34.9 Å². The average molecular weight is 627 g/mol. The van der Waals surface area contributed by atoms with Gasteiger partial charge in [0.15, 0.2) is 10.9 Å². The summed E-state index contributed by atoms with van der Waals surface area (Å²) in [6.07, 6.45) is -2.85. The van der Waals surface area contributed by atoms with Crippen LogP contribution in [0.4, 0.5) is 18.3 Å². The molecule has 1 aliphatic carbocycles. The molecule has 8 nitrogen and oxygen atoms in total. The summed E-state index contributed by atoms with van der Waals surface area (Å²) < 4.78 is 54.4. The van der Waals surface area contributed by atoms with Crippen molar-refractivity contribution in [1.29, 1.82) is 0 Å². The fourth-order valence-electron chi connectivity index (χ4n) is 4.94. The maximum Gasteiger partial charge on any atom is 0.573 e. The van der Waals surface area contributed by atoms with Gasteiger partial charge in [0, 0.05) is 49.8 Å². The number of ether oxygens (including phenoxy) is 2. The number of aromatic nitrogens is 2. The molecule has 1 aliphatic heterocycles. The predicted octanol–water partition coefficient (Wildman–Crippen LogP) is 7.14. The van der Waals surface area contributed by atoms with Gasteiger partial charge in [0.25, 0.3) is 0 Å². The monoisotopic (exact) mass is 626 g/mol. The number of methoxy groups -OCH3 is 1. The van der Waals surface area contributed by atoms with E-state index in [0.29, 0.717) is 69.8 Å². The fourth-order valence-corrected chi connectivity index (χ4v) is 6.59. The smallest absolute Gasteiger partial charge is 0.465 e. The van der Waals surface area contributed by atoms with Crippen LogP contribution >= 0.6 is 34.5 Å². The number of esters is 1. The highest BCUT2D eigenvalue weighted by Gasteiger charge is 2.35. The van der Waals surface area contributed by atoms with Crippen LogP contribution in [0, 0.1) is 0 Å². The summed E-state index contributed by atoms with van der Waals surface area (Å²) in [5, 5.41) is 5.91. The van der Waals surface area contributed by atoms with Gasteiger partial charge in [0.1, 0.15) is 17.0 Å². The molecule has 0 unspecified atom stereocenters. The van der Waals surface area contributed by atoms with Gasteiger partial charge in [-0.2, -0.15) is 0 Å². The van der Waals surface area contributed by atoms with Crippen molar-refractivity contribution in [2.24, 2.45) is 0 Å². The molecule has 216 valence electrons. The predicted molar refractivity (Wildman–Crippen MR) is 149 cm³/mol. The van der Waals surface area contributed by atoms with Crippen molar-refractivity contribution < 1.29 is 32.0 Å². The van der Waals surface area contributed by atoms with Crippen molar-refractivity contribution in [3.8, 4) is 17.0 Å². The minimum Gasteiger partial charge on any atom is -0.465 e. The number of alkyl halides is 3. The zero-order valence-electron chi connectivity index (χ0n) is 21.6. The van der Waals surface area contributed by atoms with Crippen LogP contribution in [0.2, 0.25) is 10.0 Å². The third-order valence-electron chi connectivity index (χ3n) is 7.09. The second-order valence-electron chi connectivity index (χ2n) is 9.87. The third-order valence-corrected chi connectivity index (χ3v) is 8.78. The number of rotatable bonds is 7. The van der Waals surface area contributed by atoms with Gasteiger partial charge in [0.05, 0.1) is 27.4 Å². The van der Waals surface area contributed by atoms with E-state index < -0.39 is 18.1 Å². The summed E-state index contributed by atoms with van der Waals surface area (Å²) in [7, 11) is 1.16. The maximum absolute atomic E-state index is 13.1. The number of piperazine rings is 1. The molecule has 14 heteroatoms. The zero-order valence-corrected chi connectivity index (χ0v) is 24.0. The summed E-state index contributed by atoms with van der Waals surface area (Å²) in [6.45, 7) is 3.10. The molecule has 2 aliphatic rings. The lowest BCUT2D eigenvalue weighted by molar-refractivity contribution is -0.274. The summed E-state index contributed by atoms with van der Waals surface area (Å²) in [5.41, 5.74) is 2.26. The van der Waals surface area contributed by atoms with Crippen molar-refractivity contribution >= 4 is 55.9 Å². The van der Waals surface area contributed by atoms with Crippen molar-refractivity contribution in [3.63, 3.8) is 0 Å². The van der Waals surface area contributed by atoms with Crippen molar-refractivity contribution in [1.82, 2.24) is 15.0 Å². The number of benzene rings is 2. The Morgan fingerprint density at radius 3 is 2.49 bits per heavy atom. The number of nitrogens with zero attached hydrogens (tertiary/aromatic N) is 4. The molecule has 2 aromatic carbocycles. The molecule has 0 spiro atoms. The van der Waals surface area contributed by atoms with Crippen molar-refractivity contribution in [2.75, 3.05) is 38.2 Å². The molecule has 0 N–H and O–H groups in total. The number of carbonyl (C=O) groups excluding carboxylic acids is 1. The molecule has 3 heterocycles. The zero-order chi connectivity index (χ0) is 28.9. The Kier molecular flexibility index (Phi) is 7.52. The van der Waals surface area contributed by atoms with E-state index in [4.69, 9.17) is 32.5 Å². The number of hydrogen-bond acceptors (Lipinski definition) is 9. The molecule has 0 atom stereocenters. The van der Waals surface area contributed by atoms with Crippen molar-refractivity contribution in [3.05, 3.63) is 57.3 Å². The largest absolute Gasteiger partial charge is 0.573 e. The lowest BCUT2D eigenvalue weighted by Crippen LogP contribution is -2.46. The van der Waals surface area contributed by atoms with Gasteiger partial charge in [-0.05, 0) is 37.1 Å². The molecular weight excluding hydrogens is 604 g/mol. The molecule has 6 rings (SSSR count). The number of thiazole rings is 1. The Bertz CT molecular complexity index is 1590. The number of fused-ring (bicyclic) bond motifs is 1. The summed E-state index contributed by atoms with van der Waals surface area (Å²) in [4.78, 5) is 20.8. The first kappa shape index (κ1) is 28.1. The Labute approximate surface area is 246 Å². The number of halogens is 5. The lowest BCUT2D eigenvalue weighted by atomic mass is 10.0. The fraction of sp³-hybridized carbons (Fsp3) is 0.370. The quantitative estimate of drug-likeness (QED) is 0.200. The number of carbonyl (C=O) groups is 1. The Hall–Kier alpha value is -3.06. The highest BCUT2D eigenvalue weighted by molar-refractivity contribution is 7.22. The van der Waals surface area contributed by atoms with Crippen LogP contribution in [0.3, 0.4) is 0 Å². The standard InChI is InChI=1S/C27H23Cl2F3N4O4S/c1-38-25(37)15-11-19(39-27(30,31)32)23-20(12-15)41-26(33-23)36-9-7-35(8-10-36)13-16-22(34-40-24(16)14-5-6-14)21-17(28)3-2-4-18(21)29/h2-4,11-12,14H,5-10,13H2,1H3. The Morgan fingerprint density at radius 2 is 1.85 bits per heavy atom. The van der Waals surface area contributed by atoms with E-state index in [2.05, 4.69) is 19.8 Å². The van der Waals surface area contributed by atoms with Crippen LogP contribution in [0.5, 0.6) is 5.75 Å². The molecule has 0 bridgehead atoms. The SMILES string of the molecule is COC(=O)c1cc(OC(F)(F)F)c2nc(N3CCN(Cc4c(-c5c(Cl)cccc5Cl)noc4C4CC4)CC3)sc2c1. The van der Waals surface area contributed by atoms with E-state index in [1.54, 1.807) is 18.2 Å². The highest BCUT2D eigenvalue weighted by Crippen LogP contribution is 2.46. The summed E-state index contributed by atoms with van der Waals surface area (Å²) >= 11 is 14.2. The van der Waals surface area contributed by atoms with Crippen LogP contribution < -0.4 is 9.64 Å². The molecule has 2 aromatic heterocycles. The number of anilines is 1. The molecule has 1 saturated carbocycles. The van der Waals surface area contributed by atoms with E-state index in [1.807, 2.05) is 4.90 Å². The van der Waals surface area contributed by atoms with Crippen molar-refractivity contribution in [2.45, 2.75) is 31.7 Å². The number of hydrogen-bond donors (Lipinski definition) is 0. The van der Waals surface area contributed by atoms with Gasteiger partial charge in [-0.1, -0.05) is 45.8 Å². The van der Waals surface area contributed by atoms with Gasteiger partial charge in [0.2, 0.25) is 0 Å². The van der Waals surface area contributed by atoms with Gasteiger partial charge in [-0.15, -0.1) is 13.2 Å². The second-order valence-corrected chi connectivity index (χ2v) is 11.7. The topological polar surface area (TPSA) is 80.9 Å². The van der Waals surface area contributed by atoms with E-state index in [-0.39, 0.29) is 11.1 Å².